The molecule has 0 aromatic heterocycles. The number of methoxy groups -OCH3 is 1. The molecule has 0 saturated carbocycles. The third-order valence-electron chi connectivity index (χ3n) is 3.63. The van der Waals surface area contributed by atoms with Crippen LogP contribution in [0, 0.1) is 17.8 Å². The van der Waals surface area contributed by atoms with Crippen LogP contribution in [0.25, 0.3) is 0 Å². The second-order valence-corrected chi connectivity index (χ2v) is 5.61. The summed E-state index contributed by atoms with van der Waals surface area (Å²) in [5.41, 5.74) is 0.194. The molecule has 0 N–H and O–H groups in total. The minimum atomic E-state index is 0.194. The molecule has 1 heterocycles. The molecule has 3 atom stereocenters. The van der Waals surface area contributed by atoms with Gasteiger partial charge >= 0.3 is 0 Å². The van der Waals surface area contributed by atoms with Gasteiger partial charge in [-0.3, -0.25) is 0 Å². The first kappa shape index (κ1) is 13.0. The second kappa shape index (κ2) is 5.31. The van der Waals surface area contributed by atoms with Crippen LogP contribution in [-0.2, 0) is 9.47 Å². The van der Waals surface area contributed by atoms with Crippen LogP contribution >= 0.6 is 0 Å². The van der Waals surface area contributed by atoms with E-state index in [1.54, 1.807) is 7.11 Å². The molecule has 0 bridgehead atoms. The molecule has 1 aliphatic rings. The first-order chi connectivity index (χ1) is 6.98. The van der Waals surface area contributed by atoms with E-state index in [4.69, 9.17) is 9.47 Å². The van der Waals surface area contributed by atoms with Gasteiger partial charge in [0.2, 0.25) is 0 Å². The van der Waals surface area contributed by atoms with Crippen LogP contribution in [0.4, 0.5) is 0 Å². The van der Waals surface area contributed by atoms with Gasteiger partial charge in [-0.15, -0.1) is 0 Å². The average molecular weight is 214 g/mol. The molecule has 3 unspecified atom stereocenters. The number of hydrogen-bond acceptors (Lipinski definition) is 2. The van der Waals surface area contributed by atoms with Crippen molar-refractivity contribution in [2.45, 2.75) is 46.1 Å². The molecule has 0 aliphatic carbocycles. The molecule has 0 aromatic rings. The predicted molar refractivity (Wildman–Crippen MR) is 63.0 cm³/mol. The Morgan fingerprint density at radius 2 is 1.93 bits per heavy atom. The highest BCUT2D eigenvalue weighted by molar-refractivity contribution is 4.90. The Kier molecular flexibility index (Phi) is 4.60. The summed E-state index contributed by atoms with van der Waals surface area (Å²) in [5.74, 6) is 2.22. The standard InChI is InChI=1S/C13H26O2/c1-10(2)12(6-7-14-5)11(3)8-13(4)9-15-13/h10-12H,6-9H2,1-5H3. The SMILES string of the molecule is COCCC(C(C)C)C(C)CC1(C)CO1. The van der Waals surface area contributed by atoms with Crippen LogP contribution < -0.4 is 0 Å². The van der Waals surface area contributed by atoms with Gasteiger partial charge < -0.3 is 9.47 Å². The highest BCUT2D eigenvalue weighted by atomic mass is 16.6. The fourth-order valence-corrected chi connectivity index (χ4v) is 2.60. The van der Waals surface area contributed by atoms with Crippen LogP contribution in [-0.4, -0.2) is 25.9 Å². The van der Waals surface area contributed by atoms with E-state index in [-0.39, 0.29) is 5.60 Å². The summed E-state index contributed by atoms with van der Waals surface area (Å²) in [6, 6.07) is 0. The van der Waals surface area contributed by atoms with Crippen molar-refractivity contribution in [3.05, 3.63) is 0 Å². The van der Waals surface area contributed by atoms with Gasteiger partial charge in [-0.05, 0) is 37.5 Å². The predicted octanol–water partition coefficient (Wildman–Crippen LogP) is 3.11. The summed E-state index contributed by atoms with van der Waals surface area (Å²) in [4.78, 5) is 0. The summed E-state index contributed by atoms with van der Waals surface area (Å²) in [5, 5.41) is 0. The molecule has 0 amide bonds. The van der Waals surface area contributed by atoms with Crippen LogP contribution in [0.5, 0.6) is 0 Å². The third kappa shape index (κ3) is 4.12. The zero-order valence-electron chi connectivity index (χ0n) is 10.9. The molecule has 0 aromatic carbocycles. The van der Waals surface area contributed by atoms with Gasteiger partial charge in [-0.1, -0.05) is 20.8 Å². The lowest BCUT2D eigenvalue weighted by molar-refractivity contribution is 0.129. The lowest BCUT2D eigenvalue weighted by Gasteiger charge is -2.28. The number of hydrogen-bond donors (Lipinski definition) is 0. The quantitative estimate of drug-likeness (QED) is 0.607. The van der Waals surface area contributed by atoms with Crippen LogP contribution in [0.1, 0.15) is 40.5 Å². The highest BCUT2D eigenvalue weighted by Crippen LogP contribution is 2.38. The van der Waals surface area contributed by atoms with E-state index in [9.17, 15) is 0 Å². The van der Waals surface area contributed by atoms with Gasteiger partial charge in [-0.2, -0.15) is 0 Å². The van der Waals surface area contributed by atoms with E-state index in [2.05, 4.69) is 27.7 Å². The molecule has 1 saturated heterocycles. The first-order valence-corrected chi connectivity index (χ1v) is 6.11. The van der Waals surface area contributed by atoms with E-state index in [1.165, 1.54) is 12.8 Å². The summed E-state index contributed by atoms with van der Waals surface area (Å²) in [6.45, 7) is 11.0. The van der Waals surface area contributed by atoms with E-state index >= 15 is 0 Å². The third-order valence-corrected chi connectivity index (χ3v) is 3.63. The fourth-order valence-electron chi connectivity index (χ4n) is 2.60. The van der Waals surface area contributed by atoms with Gasteiger partial charge in [-0.25, -0.2) is 0 Å². The van der Waals surface area contributed by atoms with Gasteiger partial charge in [0.15, 0.2) is 0 Å². The maximum Gasteiger partial charge on any atom is 0.0891 e. The summed E-state index contributed by atoms with van der Waals surface area (Å²) in [6.07, 6.45) is 2.37. The fraction of sp³-hybridized carbons (Fsp3) is 1.00. The Balaban J connectivity index is 2.39. The van der Waals surface area contributed by atoms with Crippen molar-refractivity contribution in [1.82, 2.24) is 0 Å². The first-order valence-electron chi connectivity index (χ1n) is 6.11. The topological polar surface area (TPSA) is 21.8 Å². The lowest BCUT2D eigenvalue weighted by atomic mass is 9.78. The summed E-state index contributed by atoms with van der Waals surface area (Å²) in [7, 11) is 1.79. The monoisotopic (exact) mass is 214 g/mol. The average Bonchev–Trinajstić information content (AvgIpc) is 2.83. The normalized spacial score (nSPS) is 29.2. The van der Waals surface area contributed by atoms with E-state index in [0.29, 0.717) is 0 Å². The molecular weight excluding hydrogens is 188 g/mol. The van der Waals surface area contributed by atoms with Crippen molar-refractivity contribution in [3.8, 4) is 0 Å². The number of ether oxygens (including phenoxy) is 2. The molecule has 2 nitrogen and oxygen atoms in total. The smallest absolute Gasteiger partial charge is 0.0891 e. The number of rotatable bonds is 7. The Bertz CT molecular complexity index is 185. The molecule has 1 aliphatic heterocycles. The number of epoxide rings is 1. The Hall–Kier alpha value is -0.0800. The molecule has 15 heavy (non-hydrogen) atoms. The Labute approximate surface area is 94.3 Å². The maximum absolute atomic E-state index is 5.47. The molecule has 90 valence electrons. The van der Waals surface area contributed by atoms with Crippen molar-refractivity contribution in [2.24, 2.45) is 17.8 Å². The van der Waals surface area contributed by atoms with Gasteiger partial charge in [0.05, 0.1) is 12.2 Å². The van der Waals surface area contributed by atoms with Crippen molar-refractivity contribution in [2.75, 3.05) is 20.3 Å². The minimum absolute atomic E-state index is 0.194. The Morgan fingerprint density at radius 1 is 1.33 bits per heavy atom. The molecular formula is C13H26O2. The maximum atomic E-state index is 5.47. The van der Waals surface area contributed by atoms with Crippen LogP contribution in [0.3, 0.4) is 0 Å². The van der Waals surface area contributed by atoms with Crippen molar-refractivity contribution in [3.63, 3.8) is 0 Å². The van der Waals surface area contributed by atoms with Gasteiger partial charge in [0, 0.05) is 13.7 Å². The lowest BCUT2D eigenvalue weighted by Crippen LogP contribution is -2.24. The van der Waals surface area contributed by atoms with Crippen LogP contribution in [0.2, 0.25) is 0 Å². The summed E-state index contributed by atoms with van der Waals surface area (Å²) >= 11 is 0. The molecule has 0 spiro atoms. The molecule has 1 fully saturated rings. The van der Waals surface area contributed by atoms with Crippen LogP contribution in [0.15, 0.2) is 0 Å². The largest absolute Gasteiger partial charge is 0.385 e. The van der Waals surface area contributed by atoms with Crippen molar-refractivity contribution >= 4 is 0 Å². The van der Waals surface area contributed by atoms with Crippen molar-refractivity contribution < 1.29 is 9.47 Å². The van der Waals surface area contributed by atoms with E-state index < -0.39 is 0 Å². The van der Waals surface area contributed by atoms with E-state index in [0.717, 1.165) is 31.0 Å². The molecule has 1 rings (SSSR count). The van der Waals surface area contributed by atoms with Gasteiger partial charge in [0.1, 0.15) is 0 Å². The minimum Gasteiger partial charge on any atom is -0.385 e. The highest BCUT2D eigenvalue weighted by Gasteiger charge is 2.41. The zero-order valence-corrected chi connectivity index (χ0v) is 10.9. The summed E-state index contributed by atoms with van der Waals surface area (Å²) < 4.78 is 10.7. The van der Waals surface area contributed by atoms with Gasteiger partial charge in [0.25, 0.3) is 0 Å². The van der Waals surface area contributed by atoms with E-state index in [1.807, 2.05) is 0 Å². The van der Waals surface area contributed by atoms with Crippen molar-refractivity contribution in [1.29, 1.82) is 0 Å². The molecule has 0 radical (unpaired) electrons. The Morgan fingerprint density at radius 3 is 2.33 bits per heavy atom. The second-order valence-electron chi connectivity index (χ2n) is 5.61. The molecule has 2 heteroatoms. The zero-order chi connectivity index (χ0) is 11.5.